The summed E-state index contributed by atoms with van der Waals surface area (Å²) in [5.41, 5.74) is 1.06. The molecule has 2 rings (SSSR count). The van der Waals surface area contributed by atoms with Gasteiger partial charge in [0.25, 0.3) is 5.56 Å². The summed E-state index contributed by atoms with van der Waals surface area (Å²) in [4.78, 5) is 22.5. The van der Waals surface area contributed by atoms with Gasteiger partial charge in [0.05, 0.1) is 5.69 Å². The molecular formula is C13H13FN2O3. The molecule has 0 atom stereocenters. The molecule has 0 saturated heterocycles. The van der Waals surface area contributed by atoms with Crippen LogP contribution in [0.25, 0.3) is 11.3 Å². The highest BCUT2D eigenvalue weighted by Gasteiger charge is 2.15. The highest BCUT2D eigenvalue weighted by atomic mass is 19.1. The molecule has 1 aromatic carbocycles. The molecule has 0 aliphatic heterocycles. The Morgan fingerprint density at radius 3 is 2.84 bits per heavy atom. The first kappa shape index (κ1) is 13.1. The van der Waals surface area contributed by atoms with Gasteiger partial charge in [-0.1, -0.05) is 12.1 Å². The van der Waals surface area contributed by atoms with Gasteiger partial charge in [-0.3, -0.25) is 19.4 Å². The fourth-order valence-corrected chi connectivity index (χ4v) is 1.94. The van der Waals surface area contributed by atoms with E-state index >= 15 is 0 Å². The zero-order chi connectivity index (χ0) is 14.0. The molecule has 2 aromatic rings. The number of aliphatic carboxylic acids is 1. The van der Waals surface area contributed by atoms with Crippen LogP contribution in [0.2, 0.25) is 0 Å². The van der Waals surface area contributed by atoms with Gasteiger partial charge >= 0.3 is 5.97 Å². The number of rotatable bonds is 4. The normalized spacial score (nSPS) is 10.6. The van der Waals surface area contributed by atoms with Gasteiger partial charge < -0.3 is 5.11 Å². The topological polar surface area (TPSA) is 75.1 Å². The molecule has 0 aliphatic carbocycles. The second-order valence-corrected chi connectivity index (χ2v) is 4.23. The van der Waals surface area contributed by atoms with Crippen LogP contribution in [0, 0.1) is 5.82 Å². The minimum absolute atomic E-state index is 0.108. The zero-order valence-electron chi connectivity index (χ0n) is 10.3. The number of aromatic amines is 1. The summed E-state index contributed by atoms with van der Waals surface area (Å²) in [5.74, 6) is -1.39. The van der Waals surface area contributed by atoms with Gasteiger partial charge in [0.2, 0.25) is 0 Å². The van der Waals surface area contributed by atoms with Crippen LogP contribution >= 0.6 is 0 Å². The summed E-state index contributed by atoms with van der Waals surface area (Å²) in [6.07, 6.45) is -0.0350. The van der Waals surface area contributed by atoms with Gasteiger partial charge in [0.1, 0.15) is 5.82 Å². The van der Waals surface area contributed by atoms with Crippen LogP contribution in [0.4, 0.5) is 4.39 Å². The summed E-state index contributed by atoms with van der Waals surface area (Å²) in [5, 5.41) is 11.5. The molecule has 6 heteroatoms. The fourth-order valence-electron chi connectivity index (χ4n) is 1.94. The quantitative estimate of drug-likeness (QED) is 0.879. The Kier molecular flexibility index (Phi) is 3.50. The van der Waals surface area contributed by atoms with Crippen LogP contribution in [0.5, 0.6) is 0 Å². The van der Waals surface area contributed by atoms with Crippen molar-refractivity contribution in [1.82, 2.24) is 9.78 Å². The average Bonchev–Trinajstić information content (AvgIpc) is 2.63. The lowest BCUT2D eigenvalue weighted by Gasteiger charge is -2.01. The minimum Gasteiger partial charge on any atom is -0.481 e. The van der Waals surface area contributed by atoms with E-state index in [0.717, 1.165) is 0 Å². The van der Waals surface area contributed by atoms with Crippen molar-refractivity contribution in [3.05, 3.63) is 46.0 Å². The van der Waals surface area contributed by atoms with Crippen molar-refractivity contribution < 1.29 is 14.3 Å². The van der Waals surface area contributed by atoms with Crippen LogP contribution in [-0.4, -0.2) is 20.9 Å². The third kappa shape index (κ3) is 2.73. The zero-order valence-corrected chi connectivity index (χ0v) is 10.3. The maximum absolute atomic E-state index is 13.2. The van der Waals surface area contributed by atoms with Crippen LogP contribution in [0.15, 0.2) is 29.1 Å². The molecule has 0 spiro atoms. The fraction of sp³-hybridized carbons (Fsp3) is 0.231. The molecular weight excluding hydrogens is 251 g/mol. The van der Waals surface area contributed by atoms with Crippen molar-refractivity contribution in [3.8, 4) is 11.3 Å². The third-order valence-electron chi connectivity index (χ3n) is 2.85. The highest BCUT2D eigenvalue weighted by molar-refractivity contribution is 5.68. The van der Waals surface area contributed by atoms with E-state index in [4.69, 9.17) is 5.11 Å². The average molecular weight is 264 g/mol. The van der Waals surface area contributed by atoms with Crippen LogP contribution in [-0.2, 0) is 18.3 Å². The number of hydrogen-bond donors (Lipinski definition) is 2. The second kappa shape index (κ2) is 5.09. The molecule has 100 valence electrons. The van der Waals surface area contributed by atoms with E-state index in [1.807, 2.05) is 0 Å². The van der Waals surface area contributed by atoms with E-state index < -0.39 is 11.8 Å². The number of aromatic nitrogens is 2. The Morgan fingerprint density at radius 2 is 2.21 bits per heavy atom. The van der Waals surface area contributed by atoms with Gasteiger partial charge in [-0.25, -0.2) is 4.39 Å². The van der Waals surface area contributed by atoms with Crippen molar-refractivity contribution in [2.75, 3.05) is 0 Å². The molecule has 2 N–H and O–H groups in total. The lowest BCUT2D eigenvalue weighted by Crippen LogP contribution is -2.16. The Hall–Kier alpha value is -2.37. The number of nitrogens with zero attached hydrogens (tertiary/aromatic N) is 1. The molecule has 0 saturated carbocycles. The van der Waals surface area contributed by atoms with E-state index in [1.165, 1.54) is 29.9 Å². The van der Waals surface area contributed by atoms with Crippen LogP contribution < -0.4 is 5.56 Å². The predicted octanol–water partition coefficient (Wildman–Crippen LogP) is 1.54. The molecule has 1 heterocycles. The number of carbonyl (C=O) groups is 1. The minimum atomic E-state index is -0.978. The van der Waals surface area contributed by atoms with Crippen LogP contribution in [0.1, 0.15) is 12.0 Å². The van der Waals surface area contributed by atoms with Crippen molar-refractivity contribution in [2.45, 2.75) is 12.8 Å². The first-order valence-electron chi connectivity index (χ1n) is 5.74. The number of benzene rings is 1. The molecule has 0 unspecified atom stereocenters. The molecule has 5 nitrogen and oxygen atoms in total. The van der Waals surface area contributed by atoms with E-state index in [0.29, 0.717) is 16.8 Å². The lowest BCUT2D eigenvalue weighted by atomic mass is 10.0. The summed E-state index contributed by atoms with van der Waals surface area (Å²) in [6, 6.07) is 5.81. The largest absolute Gasteiger partial charge is 0.481 e. The predicted molar refractivity (Wildman–Crippen MR) is 67.4 cm³/mol. The first-order chi connectivity index (χ1) is 8.99. The van der Waals surface area contributed by atoms with Gasteiger partial charge in [0, 0.05) is 24.6 Å². The Labute approximate surface area is 108 Å². The highest BCUT2D eigenvalue weighted by Crippen LogP contribution is 2.21. The standard InChI is InChI=1S/C13H13FN2O3/c1-16-13(19)10(5-6-11(17)18)12(15-16)8-3-2-4-9(14)7-8/h2-4,7,15H,5-6H2,1H3,(H,17,18). The van der Waals surface area contributed by atoms with E-state index in [-0.39, 0.29) is 18.4 Å². The monoisotopic (exact) mass is 264 g/mol. The van der Waals surface area contributed by atoms with Crippen molar-refractivity contribution in [1.29, 1.82) is 0 Å². The van der Waals surface area contributed by atoms with E-state index in [1.54, 1.807) is 6.07 Å². The molecule has 0 fully saturated rings. The van der Waals surface area contributed by atoms with Gasteiger partial charge in [-0.05, 0) is 18.6 Å². The molecule has 0 radical (unpaired) electrons. The summed E-state index contributed by atoms with van der Waals surface area (Å²) in [6.45, 7) is 0. The summed E-state index contributed by atoms with van der Waals surface area (Å²) < 4.78 is 14.5. The van der Waals surface area contributed by atoms with Gasteiger partial charge in [-0.2, -0.15) is 0 Å². The number of halogens is 1. The third-order valence-corrected chi connectivity index (χ3v) is 2.85. The number of carboxylic acids is 1. The maximum atomic E-state index is 13.2. The maximum Gasteiger partial charge on any atom is 0.303 e. The molecule has 0 aliphatic rings. The van der Waals surface area contributed by atoms with Crippen molar-refractivity contribution in [3.63, 3.8) is 0 Å². The van der Waals surface area contributed by atoms with E-state index in [9.17, 15) is 14.0 Å². The summed E-state index contributed by atoms with van der Waals surface area (Å²) >= 11 is 0. The van der Waals surface area contributed by atoms with Gasteiger partial charge in [-0.15, -0.1) is 0 Å². The smallest absolute Gasteiger partial charge is 0.303 e. The second-order valence-electron chi connectivity index (χ2n) is 4.23. The number of carboxylic acid groups (broad SMARTS) is 1. The number of H-pyrrole nitrogens is 1. The molecule has 1 aromatic heterocycles. The lowest BCUT2D eigenvalue weighted by molar-refractivity contribution is -0.136. The molecule has 19 heavy (non-hydrogen) atoms. The Morgan fingerprint density at radius 1 is 1.47 bits per heavy atom. The Bertz CT molecular complexity index is 673. The number of aryl methyl sites for hydroxylation is 1. The van der Waals surface area contributed by atoms with Gasteiger partial charge in [0.15, 0.2) is 0 Å². The molecule has 0 amide bonds. The van der Waals surface area contributed by atoms with Crippen molar-refractivity contribution >= 4 is 5.97 Å². The van der Waals surface area contributed by atoms with Crippen LogP contribution in [0.3, 0.4) is 0 Å². The van der Waals surface area contributed by atoms with Crippen molar-refractivity contribution in [2.24, 2.45) is 7.05 Å². The number of nitrogens with one attached hydrogen (secondary N) is 1. The number of hydrogen-bond acceptors (Lipinski definition) is 2. The molecule has 0 bridgehead atoms. The SMILES string of the molecule is Cn1[nH]c(-c2cccc(F)c2)c(CCC(=O)O)c1=O. The first-order valence-corrected chi connectivity index (χ1v) is 5.74. The van der Waals surface area contributed by atoms with E-state index in [2.05, 4.69) is 5.10 Å². The Balaban J connectivity index is 2.48. The summed E-state index contributed by atoms with van der Waals surface area (Å²) in [7, 11) is 1.54.